The second-order valence-corrected chi connectivity index (χ2v) is 5.10. The van der Waals surface area contributed by atoms with Crippen molar-refractivity contribution in [1.29, 1.82) is 0 Å². The molecule has 7 nitrogen and oxygen atoms in total. The molecule has 1 aromatic rings. The number of rotatable bonds is 4. The summed E-state index contributed by atoms with van der Waals surface area (Å²) in [5.74, 6) is -1.27. The average Bonchev–Trinajstić information content (AvgIpc) is 2.26. The molecular weight excluding hydrogens is 260 g/mol. The Hall–Kier alpha value is -2.09. The molecule has 1 rings (SSSR count). The van der Waals surface area contributed by atoms with Crippen LogP contribution in [0, 0.1) is 6.92 Å². The van der Waals surface area contributed by atoms with E-state index in [0.29, 0.717) is 5.56 Å². The van der Waals surface area contributed by atoms with Crippen molar-refractivity contribution in [3.05, 3.63) is 29.8 Å². The molecule has 0 saturated heterocycles. The summed E-state index contributed by atoms with van der Waals surface area (Å²) >= 11 is 0. The van der Waals surface area contributed by atoms with Crippen molar-refractivity contribution in [2.24, 2.45) is 0 Å². The molecule has 0 spiro atoms. The van der Waals surface area contributed by atoms with Crippen LogP contribution in [0.1, 0.15) is 5.56 Å². The summed E-state index contributed by atoms with van der Waals surface area (Å²) in [6.07, 6.45) is 0. The van der Waals surface area contributed by atoms with Crippen molar-refractivity contribution in [3.63, 3.8) is 0 Å². The zero-order valence-electron chi connectivity index (χ0n) is 9.50. The Morgan fingerprint density at radius 3 is 2.44 bits per heavy atom. The van der Waals surface area contributed by atoms with Gasteiger partial charge in [-0.05, 0) is 18.6 Å². The molecule has 0 saturated carbocycles. The summed E-state index contributed by atoms with van der Waals surface area (Å²) < 4.78 is 25.3. The molecule has 0 heterocycles. The topological polar surface area (TPSA) is 113 Å². The SMILES string of the molecule is Cc1ccccc1S(=O)(=O)NC(=O)NCC(=O)O. The maximum atomic E-state index is 11.8. The van der Waals surface area contributed by atoms with Crippen LogP contribution < -0.4 is 10.0 Å². The number of urea groups is 1. The van der Waals surface area contributed by atoms with Gasteiger partial charge < -0.3 is 10.4 Å². The highest BCUT2D eigenvalue weighted by Gasteiger charge is 2.19. The standard InChI is InChI=1S/C10H12N2O5S/c1-7-4-2-3-5-8(7)18(16,17)12-10(15)11-6-9(13)14/h2-5H,6H2,1H3,(H,13,14)(H2,11,12,15). The molecule has 1 aromatic carbocycles. The first-order valence-electron chi connectivity index (χ1n) is 4.91. The first kappa shape index (κ1) is 14.0. The zero-order chi connectivity index (χ0) is 13.8. The molecule has 0 unspecified atom stereocenters. The van der Waals surface area contributed by atoms with E-state index in [9.17, 15) is 18.0 Å². The third-order valence-electron chi connectivity index (χ3n) is 2.01. The number of carboxylic acids is 1. The Bertz CT molecular complexity index is 567. The van der Waals surface area contributed by atoms with Crippen LogP contribution in [0.2, 0.25) is 0 Å². The normalized spacial score (nSPS) is 10.7. The van der Waals surface area contributed by atoms with Crippen molar-refractivity contribution in [3.8, 4) is 0 Å². The fourth-order valence-corrected chi connectivity index (χ4v) is 2.40. The lowest BCUT2D eigenvalue weighted by Crippen LogP contribution is -2.41. The van der Waals surface area contributed by atoms with E-state index < -0.39 is 28.6 Å². The van der Waals surface area contributed by atoms with Gasteiger partial charge >= 0.3 is 12.0 Å². The van der Waals surface area contributed by atoms with Crippen molar-refractivity contribution in [2.75, 3.05) is 6.54 Å². The number of sulfonamides is 1. The summed E-state index contributed by atoms with van der Waals surface area (Å²) in [7, 11) is -3.99. The van der Waals surface area contributed by atoms with E-state index in [4.69, 9.17) is 5.11 Å². The summed E-state index contributed by atoms with van der Waals surface area (Å²) in [6.45, 7) is 0.929. The highest BCUT2D eigenvalue weighted by atomic mass is 32.2. The number of nitrogens with one attached hydrogen (secondary N) is 2. The third-order valence-corrected chi connectivity index (χ3v) is 3.50. The van der Waals surface area contributed by atoms with Gasteiger partial charge in [-0.25, -0.2) is 17.9 Å². The lowest BCUT2D eigenvalue weighted by molar-refractivity contribution is -0.135. The predicted octanol–water partition coefficient (Wildman–Crippen LogP) is 0.0675. The van der Waals surface area contributed by atoms with Crippen molar-refractivity contribution in [2.45, 2.75) is 11.8 Å². The van der Waals surface area contributed by atoms with E-state index in [1.165, 1.54) is 12.1 Å². The number of aliphatic carboxylic acids is 1. The van der Waals surface area contributed by atoms with Gasteiger partial charge in [0.05, 0.1) is 4.90 Å². The molecule has 18 heavy (non-hydrogen) atoms. The molecule has 98 valence electrons. The van der Waals surface area contributed by atoms with Gasteiger partial charge in [0.2, 0.25) is 0 Å². The van der Waals surface area contributed by atoms with E-state index in [2.05, 4.69) is 0 Å². The lowest BCUT2D eigenvalue weighted by Gasteiger charge is -2.09. The maximum absolute atomic E-state index is 11.8. The fourth-order valence-electron chi connectivity index (χ4n) is 1.23. The predicted molar refractivity (Wildman–Crippen MR) is 62.5 cm³/mol. The Labute approximate surface area is 104 Å². The van der Waals surface area contributed by atoms with Crippen molar-refractivity contribution < 1.29 is 23.1 Å². The highest BCUT2D eigenvalue weighted by Crippen LogP contribution is 2.13. The molecule has 3 N–H and O–H groups in total. The minimum atomic E-state index is -3.99. The summed E-state index contributed by atoms with van der Waals surface area (Å²) in [5.41, 5.74) is 0.482. The van der Waals surface area contributed by atoms with Gasteiger partial charge in [-0.2, -0.15) is 0 Å². The smallest absolute Gasteiger partial charge is 0.329 e. The molecule has 0 fully saturated rings. The summed E-state index contributed by atoms with van der Waals surface area (Å²) in [4.78, 5) is 21.4. The minimum absolute atomic E-state index is 0.0320. The van der Waals surface area contributed by atoms with E-state index in [-0.39, 0.29) is 4.90 Å². The minimum Gasteiger partial charge on any atom is -0.480 e. The molecule has 8 heteroatoms. The van der Waals surface area contributed by atoms with Crippen LogP contribution in [-0.4, -0.2) is 32.1 Å². The molecule has 0 aliphatic carbocycles. The molecule has 0 aromatic heterocycles. The molecule has 0 aliphatic heterocycles. The quantitative estimate of drug-likeness (QED) is 0.717. The molecule has 0 bridgehead atoms. The Morgan fingerprint density at radius 2 is 1.89 bits per heavy atom. The van der Waals surface area contributed by atoms with E-state index in [0.717, 1.165) is 0 Å². The van der Waals surface area contributed by atoms with Crippen LogP contribution in [0.25, 0.3) is 0 Å². The molecular formula is C10H12N2O5S. The van der Waals surface area contributed by atoms with Gasteiger partial charge in [0, 0.05) is 0 Å². The second kappa shape index (κ2) is 5.50. The van der Waals surface area contributed by atoms with Gasteiger partial charge in [0.1, 0.15) is 6.54 Å². The number of aryl methyl sites for hydroxylation is 1. The van der Waals surface area contributed by atoms with Crippen LogP contribution >= 0.6 is 0 Å². The van der Waals surface area contributed by atoms with Gasteiger partial charge in [0.25, 0.3) is 10.0 Å². The summed E-state index contributed by atoms with van der Waals surface area (Å²) in [5, 5.41) is 10.2. The number of benzene rings is 1. The average molecular weight is 272 g/mol. The van der Waals surface area contributed by atoms with Crippen LogP contribution in [0.15, 0.2) is 29.2 Å². The first-order valence-corrected chi connectivity index (χ1v) is 6.39. The molecule has 0 atom stereocenters. The number of carbonyl (C=O) groups is 2. The van der Waals surface area contributed by atoms with Gasteiger partial charge in [-0.1, -0.05) is 18.2 Å². The van der Waals surface area contributed by atoms with E-state index in [1.807, 2.05) is 5.32 Å². The lowest BCUT2D eigenvalue weighted by atomic mass is 10.2. The van der Waals surface area contributed by atoms with E-state index in [1.54, 1.807) is 23.8 Å². The fraction of sp³-hybridized carbons (Fsp3) is 0.200. The summed E-state index contributed by atoms with van der Waals surface area (Å²) in [6, 6.07) is 5.04. The Morgan fingerprint density at radius 1 is 1.28 bits per heavy atom. The van der Waals surface area contributed by atoms with Crippen molar-refractivity contribution >= 4 is 22.0 Å². The van der Waals surface area contributed by atoms with E-state index >= 15 is 0 Å². The molecule has 2 amide bonds. The molecule has 0 radical (unpaired) electrons. The number of hydrogen-bond donors (Lipinski definition) is 3. The van der Waals surface area contributed by atoms with Crippen molar-refractivity contribution in [1.82, 2.24) is 10.0 Å². The van der Waals surface area contributed by atoms with Gasteiger partial charge in [-0.3, -0.25) is 4.79 Å². The molecule has 0 aliphatic rings. The van der Waals surface area contributed by atoms with Crippen LogP contribution in [-0.2, 0) is 14.8 Å². The monoisotopic (exact) mass is 272 g/mol. The second-order valence-electron chi connectivity index (χ2n) is 3.45. The zero-order valence-corrected chi connectivity index (χ0v) is 10.3. The number of hydrogen-bond acceptors (Lipinski definition) is 4. The maximum Gasteiger partial charge on any atom is 0.329 e. The Balaban J connectivity index is 2.80. The van der Waals surface area contributed by atoms with Gasteiger partial charge in [-0.15, -0.1) is 0 Å². The van der Waals surface area contributed by atoms with Crippen LogP contribution in [0.3, 0.4) is 0 Å². The highest BCUT2D eigenvalue weighted by molar-refractivity contribution is 7.90. The number of carboxylic acid groups (broad SMARTS) is 1. The van der Waals surface area contributed by atoms with Crippen LogP contribution in [0.4, 0.5) is 4.79 Å². The Kier molecular flexibility index (Phi) is 4.27. The van der Waals surface area contributed by atoms with Gasteiger partial charge in [0.15, 0.2) is 0 Å². The largest absolute Gasteiger partial charge is 0.480 e. The number of carbonyl (C=O) groups excluding carboxylic acids is 1. The number of amides is 2. The third kappa shape index (κ3) is 3.74. The first-order chi connectivity index (χ1) is 8.33. The van der Waals surface area contributed by atoms with Crippen LogP contribution in [0.5, 0.6) is 0 Å².